The molecule has 7 heteroatoms. The zero-order valence-electron chi connectivity index (χ0n) is 10.6. The van der Waals surface area contributed by atoms with E-state index < -0.39 is 17.4 Å². The molecule has 0 bridgehead atoms. The Bertz CT molecular complexity index is 481. The molecule has 0 aromatic heterocycles. The summed E-state index contributed by atoms with van der Waals surface area (Å²) < 4.78 is 26.3. The van der Waals surface area contributed by atoms with Gasteiger partial charge in [0.15, 0.2) is 0 Å². The Labute approximate surface area is 135 Å². The molecule has 0 aliphatic heterocycles. The average Bonchev–Trinajstić information content (AvgIpc) is 2.37. The third-order valence-electron chi connectivity index (χ3n) is 2.20. The molecule has 4 nitrogen and oxygen atoms in total. The Hall–Kier alpha value is -0.686. The molecular formula is C12H13F2N2O2Y-. The number of aliphatic hydroxyl groups excluding tert-OH is 1. The molecule has 0 aliphatic carbocycles. The third-order valence-corrected chi connectivity index (χ3v) is 2.20. The van der Waals surface area contributed by atoms with Crippen molar-refractivity contribution in [2.75, 3.05) is 13.8 Å². The monoisotopic (exact) mass is 344 g/mol. The van der Waals surface area contributed by atoms with Crippen molar-refractivity contribution in [1.29, 1.82) is 0 Å². The molecule has 0 spiro atoms. The van der Waals surface area contributed by atoms with Crippen molar-refractivity contribution >= 4 is 5.78 Å². The Morgan fingerprint density at radius 3 is 2.74 bits per heavy atom. The zero-order chi connectivity index (χ0) is 13.7. The molecule has 1 rings (SSSR count). The quantitative estimate of drug-likeness (QED) is 0.277. The molecule has 0 fully saturated rings. The van der Waals surface area contributed by atoms with Gasteiger partial charge in [-0.05, 0) is 12.5 Å². The molecule has 0 heterocycles. The summed E-state index contributed by atoms with van der Waals surface area (Å²) in [5.41, 5.74) is 2.39. The number of aliphatic hydroxyl groups is 1. The topological polar surface area (TPSA) is 52.6 Å². The van der Waals surface area contributed by atoms with E-state index >= 15 is 0 Å². The summed E-state index contributed by atoms with van der Waals surface area (Å²) in [4.78, 5) is 11.8. The van der Waals surface area contributed by atoms with Crippen LogP contribution in [0.4, 0.5) is 8.78 Å². The van der Waals surface area contributed by atoms with Crippen molar-refractivity contribution in [2.45, 2.75) is 6.92 Å². The summed E-state index contributed by atoms with van der Waals surface area (Å²) in [7, 11) is 1.55. The predicted molar refractivity (Wildman–Crippen MR) is 61.3 cm³/mol. The molecule has 0 saturated heterocycles. The van der Waals surface area contributed by atoms with Crippen molar-refractivity contribution in [3.8, 4) is 0 Å². The van der Waals surface area contributed by atoms with Crippen LogP contribution in [0, 0.1) is 17.7 Å². The van der Waals surface area contributed by atoms with Gasteiger partial charge < -0.3 is 15.3 Å². The summed E-state index contributed by atoms with van der Waals surface area (Å²) in [5, 5.41) is 10.0. The maximum atomic E-state index is 13.4. The van der Waals surface area contributed by atoms with Crippen LogP contribution < -0.4 is 5.43 Å². The molecule has 1 aromatic rings. The molecule has 0 saturated carbocycles. The van der Waals surface area contributed by atoms with E-state index in [2.05, 4.69) is 11.5 Å². The van der Waals surface area contributed by atoms with Gasteiger partial charge in [-0.2, -0.15) is 12.1 Å². The van der Waals surface area contributed by atoms with Crippen molar-refractivity contribution in [2.24, 2.45) is 0 Å². The van der Waals surface area contributed by atoms with E-state index in [1.807, 2.05) is 0 Å². The summed E-state index contributed by atoms with van der Waals surface area (Å²) >= 11 is 0. The normalized spacial score (nSPS) is 11.2. The van der Waals surface area contributed by atoms with E-state index in [4.69, 9.17) is 5.11 Å². The van der Waals surface area contributed by atoms with E-state index in [0.29, 0.717) is 0 Å². The van der Waals surface area contributed by atoms with Crippen molar-refractivity contribution < 1.29 is 51.4 Å². The van der Waals surface area contributed by atoms with Crippen LogP contribution in [0.5, 0.6) is 0 Å². The first kappa shape index (κ1) is 18.3. The Balaban J connectivity index is 0.00000324. The summed E-state index contributed by atoms with van der Waals surface area (Å²) in [5.74, 6) is -2.96. The molecule has 1 aromatic carbocycles. The largest absolute Gasteiger partial charge is 0.379 e. The molecule has 0 atom stereocenters. The fraction of sp³-hybridized carbons (Fsp3) is 0.250. The molecular weight excluding hydrogens is 331 g/mol. The van der Waals surface area contributed by atoms with Crippen LogP contribution >= 0.6 is 0 Å². The van der Waals surface area contributed by atoms with Crippen LogP contribution in [0.1, 0.15) is 17.3 Å². The first-order chi connectivity index (χ1) is 8.47. The molecule has 19 heavy (non-hydrogen) atoms. The van der Waals surface area contributed by atoms with Crippen molar-refractivity contribution in [3.05, 3.63) is 47.2 Å². The average molecular weight is 344 g/mol. The molecule has 0 aliphatic rings. The van der Waals surface area contributed by atoms with Gasteiger partial charge in [0.05, 0.1) is 5.82 Å². The maximum absolute atomic E-state index is 13.4. The molecule has 2 N–H and O–H groups in total. The van der Waals surface area contributed by atoms with Gasteiger partial charge in [0.2, 0.25) is 0 Å². The number of nitrogens with one attached hydrogen (secondary N) is 1. The van der Waals surface area contributed by atoms with Crippen LogP contribution in [-0.2, 0) is 32.7 Å². The first-order valence-corrected chi connectivity index (χ1v) is 5.12. The number of halogens is 2. The van der Waals surface area contributed by atoms with Crippen molar-refractivity contribution in [3.63, 3.8) is 0 Å². The second-order valence-corrected chi connectivity index (χ2v) is 3.66. The number of carbonyl (C=O) groups is 1. The third kappa shape index (κ3) is 5.06. The van der Waals surface area contributed by atoms with Gasteiger partial charge in [-0.15, -0.1) is 6.07 Å². The van der Waals surface area contributed by atoms with E-state index in [0.717, 1.165) is 12.1 Å². The van der Waals surface area contributed by atoms with E-state index in [9.17, 15) is 13.6 Å². The fourth-order valence-electron chi connectivity index (χ4n) is 1.14. The Kier molecular flexibility index (Phi) is 8.17. The summed E-state index contributed by atoms with van der Waals surface area (Å²) in [6.45, 7) is 1.19. The molecule has 1 radical (unpaired) electrons. The predicted octanol–water partition coefficient (Wildman–Crippen LogP) is 1.24. The Morgan fingerprint density at radius 2 is 2.16 bits per heavy atom. The van der Waals surface area contributed by atoms with Gasteiger partial charge in [-0.25, -0.2) is 9.40 Å². The number of hydrazine groups is 1. The summed E-state index contributed by atoms with van der Waals surface area (Å²) in [6.07, 6.45) is 1.29. The van der Waals surface area contributed by atoms with Gasteiger partial charge in [-0.1, -0.05) is 0 Å². The van der Waals surface area contributed by atoms with E-state index in [1.54, 1.807) is 7.05 Å². The van der Waals surface area contributed by atoms with Crippen LogP contribution in [0.15, 0.2) is 23.9 Å². The Morgan fingerprint density at radius 1 is 1.53 bits per heavy atom. The minimum atomic E-state index is -1.19. The van der Waals surface area contributed by atoms with Crippen LogP contribution in [0.3, 0.4) is 0 Å². The van der Waals surface area contributed by atoms with Gasteiger partial charge in [-0.3, -0.25) is 4.39 Å². The molecule has 0 amide bonds. The van der Waals surface area contributed by atoms with E-state index in [-0.39, 0.29) is 50.6 Å². The standard InChI is InChI=1S/C12H13F2N2O2.Y/c1-8(6-15-16(2)7-17)12(18)9-4-3-5-10(13)11(9)14;/h4-6,15,17H,7H2,1-2H3;/q-1;/b8-6+;. The number of allylic oxidation sites excluding steroid dienone is 1. The number of rotatable bonds is 5. The minimum Gasteiger partial charge on any atom is -0.379 e. The fourth-order valence-corrected chi connectivity index (χ4v) is 1.14. The molecule has 0 unspecified atom stereocenters. The number of hydrogen-bond acceptors (Lipinski definition) is 4. The van der Waals surface area contributed by atoms with Gasteiger partial charge in [0.1, 0.15) is 12.5 Å². The first-order valence-electron chi connectivity index (χ1n) is 5.12. The number of hydrogen-bond donors (Lipinski definition) is 2. The van der Waals surface area contributed by atoms with Gasteiger partial charge in [0, 0.05) is 57.3 Å². The number of nitrogens with zero attached hydrogens (tertiary/aromatic N) is 1. The zero-order valence-corrected chi connectivity index (χ0v) is 13.4. The number of ketones is 1. The van der Waals surface area contributed by atoms with Gasteiger partial charge in [0.25, 0.3) is 0 Å². The smallest absolute Gasteiger partial charge is 0.138 e. The number of benzene rings is 1. The SMILES string of the molecule is C/C(=C\NN(C)CO)C(=O)c1c[c-]cc(F)c1F.[Y]. The number of Topliss-reactive ketones (excluding diaryl/α,β-unsaturated/α-hetero) is 1. The minimum absolute atomic E-state index is 0. The summed E-state index contributed by atoms with van der Waals surface area (Å²) in [6, 6.07) is 4.26. The second-order valence-electron chi connectivity index (χ2n) is 3.66. The maximum Gasteiger partial charge on any atom is 0.138 e. The van der Waals surface area contributed by atoms with E-state index in [1.165, 1.54) is 18.1 Å². The van der Waals surface area contributed by atoms with Gasteiger partial charge >= 0.3 is 0 Å². The van der Waals surface area contributed by atoms with Crippen molar-refractivity contribution in [1.82, 2.24) is 10.4 Å². The second kappa shape index (κ2) is 8.48. The van der Waals surface area contributed by atoms with Crippen LogP contribution in [0.25, 0.3) is 0 Å². The van der Waals surface area contributed by atoms with Crippen LogP contribution in [-0.4, -0.2) is 29.7 Å². The molecule has 101 valence electrons. The number of carbonyl (C=O) groups excluding carboxylic acids is 1. The van der Waals surface area contributed by atoms with Crippen LogP contribution in [0.2, 0.25) is 0 Å².